The van der Waals surface area contributed by atoms with Gasteiger partial charge >= 0.3 is 5.51 Å². The van der Waals surface area contributed by atoms with Crippen LogP contribution in [0.25, 0.3) is 0 Å². The van der Waals surface area contributed by atoms with Crippen molar-refractivity contribution < 1.29 is 18.0 Å². The van der Waals surface area contributed by atoms with E-state index in [1.807, 2.05) is 0 Å². The summed E-state index contributed by atoms with van der Waals surface area (Å²) in [5.74, 6) is -0.691. The van der Waals surface area contributed by atoms with Crippen LogP contribution in [0.1, 0.15) is 35.7 Å². The number of benzene rings is 1. The fourth-order valence-electron chi connectivity index (χ4n) is 1.44. The molecule has 0 unspecified atom stereocenters. The van der Waals surface area contributed by atoms with Crippen LogP contribution in [0.5, 0.6) is 0 Å². The van der Waals surface area contributed by atoms with Crippen LogP contribution in [0.2, 0.25) is 0 Å². The first kappa shape index (κ1) is 13.9. The van der Waals surface area contributed by atoms with E-state index in [1.165, 1.54) is 18.2 Å². The van der Waals surface area contributed by atoms with Crippen molar-refractivity contribution >= 4 is 17.7 Å². The molecule has 94 valence electrons. The third-order valence-corrected chi connectivity index (χ3v) is 2.87. The van der Waals surface area contributed by atoms with Gasteiger partial charge in [-0.1, -0.05) is 13.8 Å². The summed E-state index contributed by atoms with van der Waals surface area (Å²) in [6.45, 7) is 3.59. The summed E-state index contributed by atoms with van der Waals surface area (Å²) in [6.07, 6.45) is 0. The maximum absolute atomic E-state index is 12.2. The largest absolute Gasteiger partial charge is 0.446 e. The predicted octanol–water partition coefficient (Wildman–Crippen LogP) is 3.52. The first-order valence-electron chi connectivity index (χ1n) is 4.90. The van der Waals surface area contributed by atoms with Gasteiger partial charge in [-0.05, 0) is 41.4 Å². The van der Waals surface area contributed by atoms with Gasteiger partial charge in [0.05, 0.1) is 0 Å². The molecular weight excluding hydrogens is 251 g/mol. The standard InChI is InChI=1S/C11H12F3NOS/c1-6(2)9-5-7(17-11(12,13)14)3-4-8(9)10(15)16/h3-6H,1-2H3,(H2,15,16). The minimum Gasteiger partial charge on any atom is -0.366 e. The molecule has 1 aromatic carbocycles. The van der Waals surface area contributed by atoms with Crippen molar-refractivity contribution in [2.45, 2.75) is 30.2 Å². The minimum absolute atomic E-state index is 0.0613. The maximum Gasteiger partial charge on any atom is 0.446 e. The molecule has 0 radical (unpaired) electrons. The number of primary amides is 1. The molecule has 17 heavy (non-hydrogen) atoms. The Kier molecular flexibility index (Phi) is 4.08. The summed E-state index contributed by atoms with van der Waals surface area (Å²) in [5.41, 5.74) is 1.63. The lowest BCUT2D eigenvalue weighted by Gasteiger charge is -2.13. The minimum atomic E-state index is -4.33. The topological polar surface area (TPSA) is 43.1 Å². The SMILES string of the molecule is CC(C)c1cc(SC(F)(F)F)ccc1C(N)=O. The first-order valence-corrected chi connectivity index (χ1v) is 5.72. The predicted molar refractivity (Wildman–Crippen MR) is 61.0 cm³/mol. The summed E-state index contributed by atoms with van der Waals surface area (Å²) < 4.78 is 36.6. The van der Waals surface area contributed by atoms with E-state index in [0.29, 0.717) is 5.56 Å². The smallest absolute Gasteiger partial charge is 0.366 e. The van der Waals surface area contributed by atoms with Gasteiger partial charge in [0.1, 0.15) is 0 Å². The van der Waals surface area contributed by atoms with E-state index in [4.69, 9.17) is 5.73 Å². The molecule has 1 aromatic rings. The number of alkyl halides is 3. The lowest BCUT2D eigenvalue weighted by atomic mass is 9.97. The number of carbonyl (C=O) groups excluding carboxylic acids is 1. The van der Waals surface area contributed by atoms with Crippen LogP contribution >= 0.6 is 11.8 Å². The molecule has 0 aliphatic rings. The Bertz CT molecular complexity index is 429. The van der Waals surface area contributed by atoms with Gasteiger partial charge < -0.3 is 5.73 Å². The molecule has 0 aliphatic heterocycles. The number of halogens is 3. The molecule has 0 bridgehead atoms. The zero-order valence-electron chi connectivity index (χ0n) is 9.34. The molecule has 1 rings (SSSR count). The molecule has 0 spiro atoms. The van der Waals surface area contributed by atoms with E-state index >= 15 is 0 Å². The Balaban J connectivity index is 3.15. The van der Waals surface area contributed by atoms with Crippen LogP contribution < -0.4 is 5.73 Å². The van der Waals surface area contributed by atoms with Crippen molar-refractivity contribution in [3.8, 4) is 0 Å². The number of amides is 1. The number of nitrogens with two attached hydrogens (primary N) is 1. The summed E-state index contributed by atoms with van der Waals surface area (Å²) >= 11 is -0.199. The molecule has 0 aliphatic carbocycles. The van der Waals surface area contributed by atoms with Crippen molar-refractivity contribution in [1.29, 1.82) is 0 Å². The summed E-state index contributed by atoms with van der Waals surface area (Å²) in [7, 11) is 0. The van der Waals surface area contributed by atoms with Crippen LogP contribution in [-0.2, 0) is 0 Å². The second-order valence-corrected chi connectivity index (χ2v) is 4.95. The second-order valence-electron chi connectivity index (χ2n) is 3.82. The van der Waals surface area contributed by atoms with Gasteiger partial charge in [-0.3, -0.25) is 4.79 Å². The highest BCUT2D eigenvalue weighted by Gasteiger charge is 2.29. The normalized spacial score (nSPS) is 11.9. The second kappa shape index (κ2) is 5.00. The highest BCUT2D eigenvalue weighted by molar-refractivity contribution is 8.00. The van der Waals surface area contributed by atoms with E-state index < -0.39 is 11.4 Å². The molecule has 0 atom stereocenters. The molecule has 1 amide bonds. The average Bonchev–Trinajstić information content (AvgIpc) is 2.14. The molecular formula is C11H12F3NOS. The van der Waals surface area contributed by atoms with Crippen LogP contribution in [0.3, 0.4) is 0 Å². The number of rotatable bonds is 3. The van der Waals surface area contributed by atoms with E-state index in [1.54, 1.807) is 13.8 Å². The Morgan fingerprint density at radius 1 is 1.35 bits per heavy atom. The van der Waals surface area contributed by atoms with E-state index in [2.05, 4.69) is 0 Å². The van der Waals surface area contributed by atoms with Gasteiger partial charge in [0.15, 0.2) is 0 Å². The van der Waals surface area contributed by atoms with Crippen LogP contribution in [-0.4, -0.2) is 11.4 Å². The van der Waals surface area contributed by atoms with E-state index in [-0.39, 0.29) is 28.1 Å². The van der Waals surface area contributed by atoms with Crippen LogP contribution in [0.15, 0.2) is 23.1 Å². The van der Waals surface area contributed by atoms with Crippen molar-refractivity contribution in [1.82, 2.24) is 0 Å². The molecule has 0 fully saturated rings. The van der Waals surface area contributed by atoms with Gasteiger partial charge in [0, 0.05) is 10.5 Å². The van der Waals surface area contributed by atoms with E-state index in [0.717, 1.165) is 0 Å². The number of hydrogen-bond acceptors (Lipinski definition) is 2. The summed E-state index contributed by atoms with van der Waals surface area (Å²) in [6, 6.07) is 3.96. The van der Waals surface area contributed by atoms with Gasteiger partial charge in [0.25, 0.3) is 0 Å². The molecule has 2 nitrogen and oxygen atoms in total. The zero-order chi connectivity index (χ0) is 13.2. The van der Waals surface area contributed by atoms with Crippen LogP contribution in [0, 0.1) is 0 Å². The van der Waals surface area contributed by atoms with Gasteiger partial charge in [-0.25, -0.2) is 0 Å². The molecule has 6 heteroatoms. The Morgan fingerprint density at radius 2 is 1.94 bits per heavy atom. The van der Waals surface area contributed by atoms with Gasteiger partial charge in [-0.15, -0.1) is 0 Å². The third kappa shape index (κ3) is 3.96. The highest BCUT2D eigenvalue weighted by atomic mass is 32.2. The summed E-state index contributed by atoms with van der Waals surface area (Å²) in [5, 5.41) is 0. The van der Waals surface area contributed by atoms with Crippen molar-refractivity contribution in [3.63, 3.8) is 0 Å². The average molecular weight is 263 g/mol. The van der Waals surface area contributed by atoms with E-state index in [9.17, 15) is 18.0 Å². The highest BCUT2D eigenvalue weighted by Crippen LogP contribution is 2.38. The molecule has 0 heterocycles. The molecule has 0 saturated carbocycles. The maximum atomic E-state index is 12.2. The fourth-order valence-corrected chi connectivity index (χ4v) is 2.03. The number of hydrogen-bond donors (Lipinski definition) is 1. The number of carbonyl (C=O) groups is 1. The van der Waals surface area contributed by atoms with Crippen molar-refractivity contribution in [3.05, 3.63) is 29.3 Å². The lowest BCUT2D eigenvalue weighted by Crippen LogP contribution is -2.14. The van der Waals surface area contributed by atoms with Crippen molar-refractivity contribution in [2.24, 2.45) is 5.73 Å². The fraction of sp³-hybridized carbons (Fsp3) is 0.364. The monoisotopic (exact) mass is 263 g/mol. The van der Waals surface area contributed by atoms with Gasteiger partial charge in [0.2, 0.25) is 5.91 Å². The third-order valence-electron chi connectivity index (χ3n) is 2.14. The Labute approximate surface area is 101 Å². The molecule has 0 saturated heterocycles. The quantitative estimate of drug-likeness (QED) is 0.848. The molecule has 0 aromatic heterocycles. The lowest BCUT2D eigenvalue weighted by molar-refractivity contribution is -0.0328. The van der Waals surface area contributed by atoms with Gasteiger partial charge in [-0.2, -0.15) is 13.2 Å². The zero-order valence-corrected chi connectivity index (χ0v) is 10.2. The Hall–Kier alpha value is -1.17. The summed E-state index contributed by atoms with van der Waals surface area (Å²) in [4.78, 5) is 11.2. The molecule has 2 N–H and O–H groups in total. The van der Waals surface area contributed by atoms with Crippen LogP contribution in [0.4, 0.5) is 13.2 Å². The van der Waals surface area contributed by atoms with Crippen molar-refractivity contribution in [2.75, 3.05) is 0 Å². The Morgan fingerprint density at radius 3 is 2.35 bits per heavy atom. The first-order chi connectivity index (χ1) is 7.70. The number of thioether (sulfide) groups is 1.